The fourth-order valence-electron chi connectivity index (χ4n) is 1.06. The molecule has 1 aliphatic rings. The number of halogens is 1. The molecular formula is C8H16ClN5. The number of nitrogens with one attached hydrogen (secondary N) is 2. The number of aliphatic imine (C=N–C) groups is 2. The van der Waals surface area contributed by atoms with E-state index in [1.54, 1.807) is 11.3 Å². The highest BCUT2D eigenvalue weighted by Crippen LogP contribution is 2.07. The van der Waals surface area contributed by atoms with E-state index in [1.807, 2.05) is 20.8 Å². The molecule has 5 nitrogen and oxygen atoms in total. The lowest BCUT2D eigenvalue weighted by atomic mass is 10.4. The van der Waals surface area contributed by atoms with Crippen LogP contribution in [0.2, 0.25) is 0 Å². The van der Waals surface area contributed by atoms with Crippen molar-refractivity contribution in [3.63, 3.8) is 0 Å². The molecule has 1 unspecified atom stereocenters. The van der Waals surface area contributed by atoms with Gasteiger partial charge in [0.15, 0.2) is 0 Å². The van der Waals surface area contributed by atoms with Crippen molar-refractivity contribution in [2.24, 2.45) is 9.98 Å². The van der Waals surface area contributed by atoms with Gasteiger partial charge in [0.2, 0.25) is 11.6 Å². The highest BCUT2D eigenvalue weighted by Gasteiger charge is 2.21. The van der Waals surface area contributed by atoms with Gasteiger partial charge < -0.3 is 5.32 Å². The van der Waals surface area contributed by atoms with E-state index >= 15 is 0 Å². The minimum absolute atomic E-state index is 0.217. The molecule has 1 rings (SSSR count). The predicted molar refractivity (Wildman–Crippen MR) is 59.4 cm³/mol. The van der Waals surface area contributed by atoms with Gasteiger partial charge in [-0.25, -0.2) is 20.4 Å². The Morgan fingerprint density at radius 3 is 3.07 bits per heavy atom. The summed E-state index contributed by atoms with van der Waals surface area (Å²) in [7, 11) is 0. The summed E-state index contributed by atoms with van der Waals surface area (Å²) in [4.78, 5) is 8.38. The van der Waals surface area contributed by atoms with Gasteiger partial charge >= 0.3 is 0 Å². The zero-order valence-corrected chi connectivity index (χ0v) is 9.41. The highest BCUT2D eigenvalue weighted by molar-refractivity contribution is 6.22. The van der Waals surface area contributed by atoms with Crippen molar-refractivity contribution in [3.8, 4) is 0 Å². The molecule has 0 aliphatic carbocycles. The van der Waals surface area contributed by atoms with Crippen molar-refractivity contribution < 1.29 is 0 Å². The van der Waals surface area contributed by atoms with Crippen LogP contribution in [-0.4, -0.2) is 35.5 Å². The van der Waals surface area contributed by atoms with E-state index in [9.17, 15) is 0 Å². The van der Waals surface area contributed by atoms with Crippen LogP contribution < -0.4 is 10.7 Å². The molecule has 80 valence electrons. The first-order valence-corrected chi connectivity index (χ1v) is 5.11. The van der Waals surface area contributed by atoms with E-state index in [-0.39, 0.29) is 6.04 Å². The minimum atomic E-state index is -0.436. The third-order valence-electron chi connectivity index (χ3n) is 1.54. The fraction of sp³-hybridized carbons (Fsp3) is 0.750. The zero-order chi connectivity index (χ0) is 10.6. The van der Waals surface area contributed by atoms with E-state index in [4.69, 9.17) is 11.6 Å². The molecule has 1 aliphatic heterocycles. The van der Waals surface area contributed by atoms with Crippen LogP contribution in [0.4, 0.5) is 0 Å². The number of guanidine groups is 1. The van der Waals surface area contributed by atoms with Crippen molar-refractivity contribution in [2.45, 2.75) is 32.4 Å². The second-order valence-corrected chi connectivity index (χ2v) is 3.55. The van der Waals surface area contributed by atoms with Crippen molar-refractivity contribution in [3.05, 3.63) is 0 Å². The first kappa shape index (κ1) is 11.3. The Bertz CT molecular complexity index is 238. The summed E-state index contributed by atoms with van der Waals surface area (Å²) in [5, 5.41) is 4.66. The topological polar surface area (TPSA) is 52.0 Å². The molecule has 0 radical (unpaired) electrons. The second kappa shape index (κ2) is 5.17. The number of hydrazine groups is 1. The molecular weight excluding hydrogens is 202 g/mol. The molecule has 0 spiro atoms. The summed E-state index contributed by atoms with van der Waals surface area (Å²) >= 11 is 5.98. The lowest BCUT2D eigenvalue weighted by molar-refractivity contribution is 0.283. The van der Waals surface area contributed by atoms with Gasteiger partial charge in [0.1, 0.15) is 0 Å². The van der Waals surface area contributed by atoms with E-state index in [2.05, 4.69) is 20.7 Å². The average molecular weight is 218 g/mol. The number of rotatable bonds is 3. The molecule has 0 aromatic heterocycles. The Hall–Kier alpha value is -0.810. The van der Waals surface area contributed by atoms with Crippen molar-refractivity contribution in [1.82, 2.24) is 15.8 Å². The highest BCUT2D eigenvalue weighted by atomic mass is 35.5. The molecule has 6 heteroatoms. The number of hydrogen-bond donors (Lipinski definition) is 2. The molecule has 0 fully saturated rings. The minimum Gasteiger partial charge on any atom is -0.316 e. The summed E-state index contributed by atoms with van der Waals surface area (Å²) in [6, 6.07) is 0.217. The smallest absolute Gasteiger partial charge is 0.217 e. The van der Waals surface area contributed by atoms with E-state index in [1.165, 1.54) is 0 Å². The Balaban J connectivity index is 2.76. The van der Waals surface area contributed by atoms with Gasteiger partial charge in [-0.15, -0.1) is 0 Å². The Labute approximate surface area is 89.2 Å². The van der Waals surface area contributed by atoms with Crippen LogP contribution >= 0.6 is 11.6 Å². The van der Waals surface area contributed by atoms with Crippen LogP contribution in [0, 0.1) is 0 Å². The SMILES string of the molecule is CCNN1C(=NC(C)C)NC=NC1Cl. The second-order valence-electron chi connectivity index (χ2n) is 3.16. The summed E-state index contributed by atoms with van der Waals surface area (Å²) in [6.07, 6.45) is 1.56. The third kappa shape index (κ3) is 2.85. The maximum Gasteiger partial charge on any atom is 0.217 e. The number of hydrogen-bond acceptors (Lipinski definition) is 3. The van der Waals surface area contributed by atoms with Gasteiger partial charge in [0.05, 0.1) is 6.34 Å². The average Bonchev–Trinajstić information content (AvgIpc) is 2.10. The number of alkyl halides is 1. The summed E-state index contributed by atoms with van der Waals surface area (Å²) in [5.74, 6) is 0.705. The van der Waals surface area contributed by atoms with E-state index < -0.39 is 5.62 Å². The zero-order valence-electron chi connectivity index (χ0n) is 8.66. The van der Waals surface area contributed by atoms with Crippen LogP contribution in [-0.2, 0) is 0 Å². The quantitative estimate of drug-likeness (QED) is 0.542. The lowest BCUT2D eigenvalue weighted by Crippen LogP contribution is -2.55. The molecule has 0 saturated heterocycles. The maximum atomic E-state index is 5.98. The normalized spacial score (nSPS) is 24.5. The van der Waals surface area contributed by atoms with Gasteiger partial charge in [-0.05, 0) is 13.8 Å². The van der Waals surface area contributed by atoms with Crippen LogP contribution in [0.25, 0.3) is 0 Å². The van der Waals surface area contributed by atoms with Crippen molar-refractivity contribution in [2.75, 3.05) is 6.54 Å². The molecule has 1 atom stereocenters. The van der Waals surface area contributed by atoms with Gasteiger partial charge in [0, 0.05) is 12.6 Å². The Kier molecular flexibility index (Phi) is 4.16. The van der Waals surface area contributed by atoms with Crippen LogP contribution in [0.5, 0.6) is 0 Å². The fourth-order valence-corrected chi connectivity index (χ4v) is 1.28. The molecule has 0 saturated carbocycles. The molecule has 0 aromatic rings. The number of nitrogens with zero attached hydrogens (tertiary/aromatic N) is 3. The maximum absolute atomic E-state index is 5.98. The monoisotopic (exact) mass is 217 g/mol. The molecule has 0 bridgehead atoms. The molecule has 2 N–H and O–H groups in total. The lowest BCUT2D eigenvalue weighted by Gasteiger charge is -2.30. The largest absolute Gasteiger partial charge is 0.316 e. The predicted octanol–water partition coefficient (Wildman–Crippen LogP) is 0.731. The van der Waals surface area contributed by atoms with Gasteiger partial charge in [-0.2, -0.15) is 0 Å². The first-order valence-electron chi connectivity index (χ1n) is 4.68. The molecule has 0 amide bonds. The van der Waals surface area contributed by atoms with Gasteiger partial charge in [0.25, 0.3) is 0 Å². The Morgan fingerprint density at radius 2 is 2.50 bits per heavy atom. The molecule has 14 heavy (non-hydrogen) atoms. The van der Waals surface area contributed by atoms with E-state index in [0.717, 1.165) is 6.54 Å². The van der Waals surface area contributed by atoms with Gasteiger partial charge in [-0.1, -0.05) is 18.5 Å². The third-order valence-corrected chi connectivity index (χ3v) is 1.85. The summed E-state index contributed by atoms with van der Waals surface area (Å²) < 4.78 is 0. The Morgan fingerprint density at radius 1 is 1.79 bits per heavy atom. The van der Waals surface area contributed by atoms with Gasteiger partial charge in [-0.3, -0.25) is 0 Å². The molecule has 1 heterocycles. The van der Waals surface area contributed by atoms with E-state index in [0.29, 0.717) is 5.96 Å². The molecule has 0 aromatic carbocycles. The summed E-state index contributed by atoms with van der Waals surface area (Å²) in [5.41, 5.74) is 2.65. The van der Waals surface area contributed by atoms with Crippen LogP contribution in [0.3, 0.4) is 0 Å². The first-order chi connectivity index (χ1) is 6.65. The standard InChI is InChI=1S/C8H16ClN5/c1-4-12-14-7(9)10-5-11-8(14)13-6(2)3/h5-7,12H,4H2,1-3H3,(H,10,11,13). The van der Waals surface area contributed by atoms with Crippen molar-refractivity contribution in [1.29, 1.82) is 0 Å². The van der Waals surface area contributed by atoms with Crippen molar-refractivity contribution >= 4 is 23.9 Å². The summed E-state index contributed by atoms with van der Waals surface area (Å²) in [6.45, 7) is 6.79. The van der Waals surface area contributed by atoms with Crippen LogP contribution in [0.15, 0.2) is 9.98 Å². The van der Waals surface area contributed by atoms with Crippen LogP contribution in [0.1, 0.15) is 20.8 Å².